The highest BCUT2D eigenvalue weighted by molar-refractivity contribution is 9.11. The Balaban J connectivity index is 1.78. The summed E-state index contributed by atoms with van der Waals surface area (Å²) in [4.78, 5) is 1.28. The van der Waals surface area contributed by atoms with E-state index in [1.807, 2.05) is 18.2 Å². The van der Waals surface area contributed by atoms with Gasteiger partial charge in [0.05, 0.1) is 8.68 Å². The largest absolute Gasteiger partial charge is 0.384 e. The molecule has 4 nitrogen and oxygen atoms in total. The highest BCUT2D eigenvalue weighted by atomic mass is 79.9. The second-order valence-electron chi connectivity index (χ2n) is 4.53. The molecule has 0 aliphatic carbocycles. The molecular formula is C13H13BrN2O2S2. The summed E-state index contributed by atoms with van der Waals surface area (Å²) in [6, 6.07) is 9.06. The molecule has 0 unspecified atom stereocenters. The van der Waals surface area contributed by atoms with Gasteiger partial charge in [-0.25, -0.2) is 13.1 Å². The van der Waals surface area contributed by atoms with Crippen LogP contribution in [0, 0.1) is 0 Å². The number of fused-ring (bicyclic) bond motifs is 1. The SMILES string of the molecule is O=S(=O)(NCc1ccc(Br)s1)c1ccc2c(c1)NCC2. The first-order valence-corrected chi connectivity index (χ1v) is 9.24. The fourth-order valence-corrected chi connectivity index (χ4v) is 4.68. The van der Waals surface area contributed by atoms with Crippen molar-refractivity contribution in [2.75, 3.05) is 11.9 Å². The van der Waals surface area contributed by atoms with E-state index < -0.39 is 10.0 Å². The number of thiophene rings is 1. The van der Waals surface area contributed by atoms with Crippen LogP contribution >= 0.6 is 27.3 Å². The zero-order chi connectivity index (χ0) is 14.2. The molecule has 1 aromatic heterocycles. The van der Waals surface area contributed by atoms with Crippen LogP contribution in [0.25, 0.3) is 0 Å². The van der Waals surface area contributed by atoms with Gasteiger partial charge in [0.15, 0.2) is 0 Å². The lowest BCUT2D eigenvalue weighted by molar-refractivity contribution is 0.582. The van der Waals surface area contributed by atoms with Crippen molar-refractivity contribution >= 4 is 43.0 Å². The Bertz CT molecular complexity index is 741. The van der Waals surface area contributed by atoms with Gasteiger partial charge in [-0.05, 0) is 52.2 Å². The van der Waals surface area contributed by atoms with Crippen molar-refractivity contribution < 1.29 is 8.42 Å². The van der Waals surface area contributed by atoms with Crippen LogP contribution in [0.15, 0.2) is 39.0 Å². The summed E-state index contributed by atoms with van der Waals surface area (Å²) in [7, 11) is -3.47. The van der Waals surface area contributed by atoms with Crippen molar-refractivity contribution in [3.05, 3.63) is 44.6 Å². The minimum atomic E-state index is -3.47. The highest BCUT2D eigenvalue weighted by Crippen LogP contribution is 2.26. The molecular weight excluding hydrogens is 360 g/mol. The topological polar surface area (TPSA) is 58.2 Å². The molecule has 1 aliphatic rings. The summed E-state index contributed by atoms with van der Waals surface area (Å²) in [5.41, 5.74) is 2.10. The van der Waals surface area contributed by atoms with E-state index in [1.54, 1.807) is 12.1 Å². The van der Waals surface area contributed by atoms with Crippen LogP contribution < -0.4 is 10.0 Å². The maximum absolute atomic E-state index is 12.3. The quantitative estimate of drug-likeness (QED) is 0.867. The first-order valence-electron chi connectivity index (χ1n) is 6.15. The molecule has 106 valence electrons. The maximum Gasteiger partial charge on any atom is 0.240 e. The number of hydrogen-bond donors (Lipinski definition) is 2. The van der Waals surface area contributed by atoms with Crippen molar-refractivity contribution in [2.24, 2.45) is 0 Å². The zero-order valence-corrected chi connectivity index (χ0v) is 13.7. The van der Waals surface area contributed by atoms with Crippen molar-refractivity contribution in [1.29, 1.82) is 0 Å². The van der Waals surface area contributed by atoms with Crippen molar-refractivity contribution in [3.63, 3.8) is 0 Å². The van der Waals surface area contributed by atoms with E-state index >= 15 is 0 Å². The number of hydrogen-bond acceptors (Lipinski definition) is 4. The summed E-state index contributed by atoms with van der Waals surface area (Å²) >= 11 is 4.89. The number of halogens is 1. The van der Waals surface area contributed by atoms with Gasteiger partial charge in [-0.2, -0.15) is 0 Å². The lowest BCUT2D eigenvalue weighted by atomic mass is 10.2. The van der Waals surface area contributed by atoms with Crippen LogP contribution in [-0.4, -0.2) is 15.0 Å². The molecule has 0 bridgehead atoms. The summed E-state index contributed by atoms with van der Waals surface area (Å²) in [5.74, 6) is 0. The van der Waals surface area contributed by atoms with Crippen molar-refractivity contribution in [2.45, 2.75) is 17.9 Å². The number of rotatable bonds is 4. The molecule has 0 saturated carbocycles. The summed E-state index contributed by atoms with van der Waals surface area (Å²) in [6.45, 7) is 1.18. The molecule has 2 N–H and O–H groups in total. The molecule has 0 spiro atoms. The lowest BCUT2D eigenvalue weighted by Crippen LogP contribution is -2.22. The molecule has 2 aromatic rings. The van der Waals surface area contributed by atoms with Crippen molar-refractivity contribution in [1.82, 2.24) is 4.72 Å². The number of anilines is 1. The first kappa shape index (κ1) is 14.1. The normalized spacial score (nSPS) is 14.1. The van der Waals surface area contributed by atoms with Gasteiger partial charge in [-0.15, -0.1) is 11.3 Å². The predicted octanol–water partition coefficient (Wildman–Crippen LogP) is 2.96. The fraction of sp³-hybridized carbons (Fsp3) is 0.231. The van der Waals surface area contributed by atoms with Gasteiger partial charge in [0.25, 0.3) is 0 Å². The van der Waals surface area contributed by atoms with Crippen LogP contribution in [0.4, 0.5) is 5.69 Å². The Labute approximate surface area is 130 Å². The first-order chi connectivity index (χ1) is 9.54. The van der Waals surface area contributed by atoms with E-state index in [9.17, 15) is 8.42 Å². The molecule has 0 saturated heterocycles. The third-order valence-corrected chi connectivity index (χ3v) is 6.19. The van der Waals surface area contributed by atoms with Crippen molar-refractivity contribution in [3.8, 4) is 0 Å². The average molecular weight is 373 g/mol. The Morgan fingerprint density at radius 1 is 1.30 bits per heavy atom. The van der Waals surface area contributed by atoms with Gasteiger partial charge >= 0.3 is 0 Å². The summed E-state index contributed by atoms with van der Waals surface area (Å²) in [6.07, 6.45) is 0.951. The third kappa shape index (κ3) is 2.90. The molecule has 0 fully saturated rings. The van der Waals surface area contributed by atoms with Gasteiger partial charge in [0.1, 0.15) is 0 Å². The Kier molecular flexibility index (Phi) is 3.85. The monoisotopic (exact) mass is 372 g/mol. The van der Waals surface area contributed by atoms with Crippen LogP contribution in [0.1, 0.15) is 10.4 Å². The van der Waals surface area contributed by atoms with Gasteiger partial charge < -0.3 is 5.32 Å². The third-order valence-electron chi connectivity index (χ3n) is 3.17. The van der Waals surface area contributed by atoms with Crippen LogP contribution in [0.2, 0.25) is 0 Å². The maximum atomic E-state index is 12.3. The van der Waals surface area contributed by atoms with E-state index in [1.165, 1.54) is 16.9 Å². The minimum absolute atomic E-state index is 0.307. The van der Waals surface area contributed by atoms with Gasteiger partial charge in [0, 0.05) is 23.7 Å². The molecule has 0 atom stereocenters. The van der Waals surface area contributed by atoms with Gasteiger partial charge in [-0.1, -0.05) is 6.07 Å². The van der Waals surface area contributed by atoms with E-state index in [-0.39, 0.29) is 0 Å². The van der Waals surface area contributed by atoms with Crippen LogP contribution in [0.5, 0.6) is 0 Å². The fourth-order valence-electron chi connectivity index (χ4n) is 2.13. The number of nitrogens with one attached hydrogen (secondary N) is 2. The molecule has 0 radical (unpaired) electrons. The molecule has 20 heavy (non-hydrogen) atoms. The van der Waals surface area contributed by atoms with E-state index in [0.29, 0.717) is 11.4 Å². The molecule has 1 aliphatic heterocycles. The number of sulfonamides is 1. The van der Waals surface area contributed by atoms with Crippen LogP contribution in [-0.2, 0) is 23.0 Å². The Morgan fingerprint density at radius 2 is 2.15 bits per heavy atom. The average Bonchev–Trinajstić information content (AvgIpc) is 3.04. The van der Waals surface area contributed by atoms with Gasteiger partial charge in [-0.3, -0.25) is 0 Å². The second kappa shape index (κ2) is 5.48. The lowest BCUT2D eigenvalue weighted by Gasteiger charge is -2.07. The molecule has 0 amide bonds. The molecule has 1 aromatic carbocycles. The van der Waals surface area contributed by atoms with E-state index in [0.717, 1.165) is 27.3 Å². The molecule has 7 heteroatoms. The minimum Gasteiger partial charge on any atom is -0.384 e. The Hall–Kier alpha value is -0.890. The summed E-state index contributed by atoms with van der Waals surface area (Å²) < 4.78 is 28.2. The summed E-state index contributed by atoms with van der Waals surface area (Å²) in [5, 5.41) is 3.19. The van der Waals surface area contributed by atoms with E-state index in [4.69, 9.17) is 0 Å². The Morgan fingerprint density at radius 3 is 2.90 bits per heavy atom. The van der Waals surface area contributed by atoms with E-state index in [2.05, 4.69) is 26.0 Å². The standard InChI is InChI=1S/C13H13BrN2O2S2/c14-13-4-2-10(19-13)8-16-20(17,18)11-3-1-9-5-6-15-12(9)7-11/h1-4,7,15-16H,5-6,8H2. The van der Waals surface area contributed by atoms with Gasteiger partial charge in [0.2, 0.25) is 10.0 Å². The smallest absolute Gasteiger partial charge is 0.240 e. The second-order valence-corrected chi connectivity index (χ2v) is 8.84. The molecule has 2 heterocycles. The zero-order valence-electron chi connectivity index (χ0n) is 10.5. The molecule has 3 rings (SSSR count). The predicted molar refractivity (Wildman–Crippen MR) is 84.7 cm³/mol. The highest BCUT2D eigenvalue weighted by Gasteiger charge is 2.18. The number of benzene rings is 1. The van der Waals surface area contributed by atoms with Crippen LogP contribution in [0.3, 0.4) is 0 Å².